The van der Waals surface area contributed by atoms with E-state index in [0.717, 1.165) is 17.8 Å². The molecule has 0 radical (unpaired) electrons. The molecule has 0 fully saturated rings. The lowest BCUT2D eigenvalue weighted by molar-refractivity contribution is -0.387. The number of thioether (sulfide) groups is 1. The average Bonchev–Trinajstić information content (AvgIpc) is 2.67. The van der Waals surface area contributed by atoms with Crippen molar-refractivity contribution in [2.75, 3.05) is 16.4 Å². The molecule has 2 aromatic carbocycles. The summed E-state index contributed by atoms with van der Waals surface area (Å²) >= 11 is 0.978. The molecule has 0 atom stereocenters. The van der Waals surface area contributed by atoms with E-state index in [-0.39, 0.29) is 39.6 Å². The van der Waals surface area contributed by atoms with E-state index >= 15 is 0 Å². The summed E-state index contributed by atoms with van der Waals surface area (Å²) in [5.41, 5.74) is 6.03. The minimum atomic E-state index is -0.767. The molecule has 158 valence electrons. The molecule has 4 N–H and O–H groups in total. The van der Waals surface area contributed by atoms with Crippen LogP contribution < -0.4 is 16.4 Å². The maximum absolute atomic E-state index is 12.2. The molecule has 0 aliphatic carbocycles. The van der Waals surface area contributed by atoms with Crippen LogP contribution >= 0.6 is 11.8 Å². The van der Waals surface area contributed by atoms with Gasteiger partial charge < -0.3 is 16.4 Å². The first-order valence-corrected chi connectivity index (χ1v) is 10.0. The van der Waals surface area contributed by atoms with Gasteiger partial charge in [-0.25, -0.2) is 0 Å². The number of anilines is 2. The zero-order valence-electron chi connectivity index (χ0n) is 16.5. The van der Waals surface area contributed by atoms with Crippen LogP contribution in [0.15, 0.2) is 47.4 Å². The predicted octanol–water partition coefficient (Wildman–Crippen LogP) is 3.41. The molecule has 0 spiro atoms. The lowest BCUT2D eigenvalue weighted by Crippen LogP contribution is -2.15. The molecule has 0 aliphatic heterocycles. The molecule has 2 aromatic rings. The highest BCUT2D eigenvalue weighted by Gasteiger charge is 2.18. The van der Waals surface area contributed by atoms with Gasteiger partial charge in [-0.2, -0.15) is 0 Å². The molecular formula is C20H22N4O5S. The van der Waals surface area contributed by atoms with Crippen molar-refractivity contribution < 1.29 is 19.3 Å². The minimum Gasteiger partial charge on any atom is -0.366 e. The van der Waals surface area contributed by atoms with Gasteiger partial charge in [0.15, 0.2) is 0 Å². The SMILES string of the molecule is CC(C)CC(=O)Nc1ccc(NC(=O)CSc2ccc(C(N)=O)cc2[N+](=O)[O-])cc1. The minimum absolute atomic E-state index is 0.0241. The summed E-state index contributed by atoms with van der Waals surface area (Å²) in [5.74, 6) is -1.02. The van der Waals surface area contributed by atoms with Crippen LogP contribution in [0, 0.1) is 16.0 Å². The van der Waals surface area contributed by atoms with Crippen molar-refractivity contribution in [1.29, 1.82) is 0 Å². The highest BCUT2D eigenvalue weighted by atomic mass is 32.2. The largest absolute Gasteiger partial charge is 0.366 e. The Morgan fingerprint density at radius 1 is 1.03 bits per heavy atom. The summed E-state index contributed by atoms with van der Waals surface area (Å²) in [5, 5.41) is 16.7. The number of nitrogens with zero attached hydrogens (tertiary/aromatic N) is 1. The Morgan fingerprint density at radius 3 is 2.10 bits per heavy atom. The van der Waals surface area contributed by atoms with Gasteiger partial charge in [0.25, 0.3) is 5.69 Å². The fraction of sp³-hybridized carbons (Fsp3) is 0.250. The summed E-state index contributed by atoms with van der Waals surface area (Å²) < 4.78 is 0. The Hall–Kier alpha value is -3.40. The Morgan fingerprint density at radius 2 is 1.60 bits per heavy atom. The van der Waals surface area contributed by atoms with Gasteiger partial charge >= 0.3 is 0 Å². The molecule has 3 amide bonds. The topological polar surface area (TPSA) is 144 Å². The van der Waals surface area contributed by atoms with Gasteiger partial charge in [0.2, 0.25) is 17.7 Å². The van der Waals surface area contributed by atoms with Crippen LogP contribution in [-0.4, -0.2) is 28.4 Å². The zero-order chi connectivity index (χ0) is 22.3. The third-order valence-electron chi connectivity index (χ3n) is 3.84. The van der Waals surface area contributed by atoms with Crippen LogP contribution in [0.2, 0.25) is 0 Å². The molecule has 9 nitrogen and oxygen atoms in total. The molecule has 2 rings (SSSR count). The number of benzene rings is 2. The number of rotatable bonds is 9. The monoisotopic (exact) mass is 430 g/mol. The Kier molecular flexibility index (Phi) is 7.93. The van der Waals surface area contributed by atoms with E-state index in [1.807, 2.05) is 13.8 Å². The second-order valence-electron chi connectivity index (χ2n) is 6.86. The number of carbonyl (C=O) groups is 3. The molecule has 0 bridgehead atoms. The Bertz CT molecular complexity index is 960. The standard InChI is InChI=1S/C20H22N4O5S/c1-12(2)9-18(25)22-14-4-6-15(7-5-14)23-19(26)11-30-17-8-3-13(20(21)27)10-16(17)24(28)29/h3-8,10,12H,9,11H2,1-2H3,(H2,21,27)(H,22,25)(H,23,26). The van der Waals surface area contributed by atoms with E-state index < -0.39 is 10.8 Å². The molecule has 0 aliphatic rings. The van der Waals surface area contributed by atoms with E-state index in [0.29, 0.717) is 17.8 Å². The quantitative estimate of drug-likeness (QED) is 0.316. The van der Waals surface area contributed by atoms with E-state index in [4.69, 9.17) is 5.73 Å². The molecule has 0 saturated heterocycles. The maximum atomic E-state index is 12.2. The molecule has 30 heavy (non-hydrogen) atoms. The fourth-order valence-corrected chi connectivity index (χ4v) is 3.30. The van der Waals surface area contributed by atoms with Crippen molar-refractivity contribution in [1.82, 2.24) is 0 Å². The summed E-state index contributed by atoms with van der Waals surface area (Å²) in [7, 11) is 0. The van der Waals surface area contributed by atoms with Crippen LogP contribution in [0.1, 0.15) is 30.6 Å². The summed E-state index contributed by atoms with van der Waals surface area (Å²) in [6, 6.07) is 10.5. The van der Waals surface area contributed by atoms with Crippen LogP contribution in [0.25, 0.3) is 0 Å². The van der Waals surface area contributed by atoms with Crippen molar-refractivity contribution in [3.8, 4) is 0 Å². The van der Waals surface area contributed by atoms with Crippen LogP contribution in [0.4, 0.5) is 17.1 Å². The number of nitro benzene ring substituents is 1. The Balaban J connectivity index is 1.94. The van der Waals surface area contributed by atoms with Crippen molar-refractivity contribution in [3.63, 3.8) is 0 Å². The number of nitro groups is 1. The van der Waals surface area contributed by atoms with Crippen molar-refractivity contribution in [3.05, 3.63) is 58.1 Å². The van der Waals surface area contributed by atoms with Gasteiger partial charge in [-0.05, 0) is 42.3 Å². The van der Waals surface area contributed by atoms with Crippen molar-refractivity contribution in [2.24, 2.45) is 11.7 Å². The number of nitrogens with one attached hydrogen (secondary N) is 2. The molecule has 10 heteroatoms. The molecule has 0 heterocycles. The lowest BCUT2D eigenvalue weighted by Gasteiger charge is -2.09. The lowest BCUT2D eigenvalue weighted by atomic mass is 10.1. The molecule has 0 aromatic heterocycles. The third kappa shape index (κ3) is 6.89. The number of amides is 3. The highest BCUT2D eigenvalue weighted by Crippen LogP contribution is 2.30. The number of nitrogens with two attached hydrogens (primary N) is 1. The summed E-state index contributed by atoms with van der Waals surface area (Å²) in [4.78, 5) is 46.0. The van der Waals surface area contributed by atoms with Crippen LogP contribution in [-0.2, 0) is 9.59 Å². The molecule has 0 unspecified atom stereocenters. The van der Waals surface area contributed by atoms with E-state index in [2.05, 4.69) is 10.6 Å². The number of hydrogen-bond acceptors (Lipinski definition) is 6. The van der Waals surface area contributed by atoms with Crippen molar-refractivity contribution >= 4 is 46.5 Å². The van der Waals surface area contributed by atoms with Gasteiger partial charge in [0, 0.05) is 29.4 Å². The van der Waals surface area contributed by atoms with Gasteiger partial charge in [-0.3, -0.25) is 24.5 Å². The first-order chi connectivity index (χ1) is 14.2. The first-order valence-electron chi connectivity index (χ1n) is 9.06. The predicted molar refractivity (Wildman–Crippen MR) is 115 cm³/mol. The van der Waals surface area contributed by atoms with Crippen LogP contribution in [0.3, 0.4) is 0 Å². The smallest absolute Gasteiger partial charge is 0.283 e. The first kappa shape index (κ1) is 22.9. The van der Waals surface area contributed by atoms with E-state index in [1.54, 1.807) is 24.3 Å². The van der Waals surface area contributed by atoms with Gasteiger partial charge in [-0.15, -0.1) is 11.8 Å². The fourth-order valence-electron chi connectivity index (χ4n) is 2.50. The van der Waals surface area contributed by atoms with E-state index in [1.165, 1.54) is 12.1 Å². The number of primary amides is 1. The molecular weight excluding hydrogens is 408 g/mol. The maximum Gasteiger partial charge on any atom is 0.283 e. The highest BCUT2D eigenvalue weighted by molar-refractivity contribution is 8.00. The summed E-state index contributed by atoms with van der Waals surface area (Å²) in [6.45, 7) is 3.91. The second kappa shape index (κ2) is 10.4. The second-order valence-corrected chi connectivity index (χ2v) is 7.88. The van der Waals surface area contributed by atoms with E-state index in [9.17, 15) is 24.5 Å². The molecule has 0 saturated carbocycles. The third-order valence-corrected chi connectivity index (χ3v) is 4.91. The number of hydrogen-bond donors (Lipinski definition) is 3. The van der Waals surface area contributed by atoms with Crippen LogP contribution in [0.5, 0.6) is 0 Å². The van der Waals surface area contributed by atoms with Gasteiger partial charge in [-0.1, -0.05) is 13.8 Å². The Labute approximate surface area is 177 Å². The number of carbonyl (C=O) groups excluding carboxylic acids is 3. The van der Waals surface area contributed by atoms with Gasteiger partial charge in [0.05, 0.1) is 15.6 Å². The average molecular weight is 430 g/mol. The zero-order valence-corrected chi connectivity index (χ0v) is 17.3. The van der Waals surface area contributed by atoms with Gasteiger partial charge in [0.1, 0.15) is 0 Å². The summed E-state index contributed by atoms with van der Waals surface area (Å²) in [6.07, 6.45) is 0.419. The normalized spacial score (nSPS) is 10.5. The van der Waals surface area contributed by atoms with Crippen molar-refractivity contribution in [2.45, 2.75) is 25.2 Å².